The number of hydrogen-bond acceptors (Lipinski definition) is 2. The van der Waals surface area contributed by atoms with Crippen molar-refractivity contribution in [2.24, 2.45) is 0 Å². The first-order chi connectivity index (χ1) is 6.49. The van der Waals surface area contributed by atoms with Crippen LogP contribution < -0.4 is 0 Å². The van der Waals surface area contributed by atoms with Crippen molar-refractivity contribution in [1.29, 1.82) is 0 Å². The molecular formula is C8H6F3NO2. The Morgan fingerprint density at radius 3 is 2.36 bits per heavy atom. The summed E-state index contributed by atoms with van der Waals surface area (Å²) in [6, 6.07) is 0.240. The summed E-state index contributed by atoms with van der Waals surface area (Å²) < 4.78 is 38.7. The second-order valence-corrected chi connectivity index (χ2v) is 2.59. The Bertz CT molecular complexity index is 393. The Morgan fingerprint density at radius 1 is 1.36 bits per heavy atom. The second-order valence-electron chi connectivity index (χ2n) is 2.59. The smallest absolute Gasteiger partial charge is 0.258 e. The van der Waals surface area contributed by atoms with Crippen molar-refractivity contribution < 1.29 is 18.1 Å². The molecule has 0 aliphatic carbocycles. The van der Waals surface area contributed by atoms with Crippen molar-refractivity contribution in [3.05, 3.63) is 39.2 Å². The fourth-order valence-electron chi connectivity index (χ4n) is 1.09. The van der Waals surface area contributed by atoms with Crippen LogP contribution in [0, 0.1) is 27.6 Å². The lowest BCUT2D eigenvalue weighted by Crippen LogP contribution is -2.02. The highest BCUT2D eigenvalue weighted by molar-refractivity contribution is 5.38. The minimum atomic E-state index is -1.41. The number of benzene rings is 1. The fourth-order valence-corrected chi connectivity index (χ4v) is 1.09. The zero-order valence-corrected chi connectivity index (χ0v) is 7.18. The maximum Gasteiger partial charge on any atom is 0.308 e. The Morgan fingerprint density at radius 2 is 1.93 bits per heavy atom. The Kier molecular flexibility index (Phi) is 2.73. The summed E-state index contributed by atoms with van der Waals surface area (Å²) in [5, 5.41) is 10.2. The molecule has 3 nitrogen and oxygen atoms in total. The molecule has 0 saturated heterocycles. The molecule has 0 heterocycles. The van der Waals surface area contributed by atoms with E-state index in [4.69, 9.17) is 0 Å². The average Bonchev–Trinajstić information content (AvgIpc) is 2.12. The zero-order chi connectivity index (χ0) is 10.9. The third-order valence-electron chi connectivity index (χ3n) is 1.78. The van der Waals surface area contributed by atoms with Crippen molar-refractivity contribution in [1.82, 2.24) is 0 Å². The van der Waals surface area contributed by atoms with Crippen molar-refractivity contribution in [2.45, 2.75) is 13.3 Å². The van der Waals surface area contributed by atoms with E-state index < -0.39 is 33.6 Å². The van der Waals surface area contributed by atoms with Crippen molar-refractivity contribution >= 4 is 5.69 Å². The Balaban J connectivity index is 3.50. The molecule has 1 aromatic carbocycles. The van der Waals surface area contributed by atoms with Gasteiger partial charge in [-0.15, -0.1) is 0 Å². The van der Waals surface area contributed by atoms with E-state index in [0.29, 0.717) is 0 Å². The maximum atomic E-state index is 13.1. The van der Waals surface area contributed by atoms with Gasteiger partial charge in [0.25, 0.3) is 0 Å². The third-order valence-corrected chi connectivity index (χ3v) is 1.78. The van der Waals surface area contributed by atoms with E-state index >= 15 is 0 Å². The summed E-state index contributed by atoms with van der Waals surface area (Å²) in [6.07, 6.45) is -0.143. The lowest BCUT2D eigenvalue weighted by atomic mass is 10.1. The van der Waals surface area contributed by atoms with Gasteiger partial charge in [0.1, 0.15) is 0 Å². The number of nitro benzene ring substituents is 1. The number of nitrogens with zero attached hydrogens (tertiary/aromatic N) is 1. The van der Waals surface area contributed by atoms with E-state index in [1.165, 1.54) is 6.92 Å². The molecule has 76 valence electrons. The summed E-state index contributed by atoms with van der Waals surface area (Å²) in [6.45, 7) is 1.38. The van der Waals surface area contributed by atoms with Gasteiger partial charge >= 0.3 is 5.69 Å². The van der Waals surface area contributed by atoms with E-state index in [2.05, 4.69) is 0 Å². The Labute approximate surface area is 77.3 Å². The standard InChI is InChI=1S/C8H6F3NO2/c1-2-4-7(10)5(9)3-6(8(4)11)12(13)14/h3H,2H2,1H3. The molecule has 0 unspecified atom stereocenters. The molecule has 0 spiro atoms. The highest BCUT2D eigenvalue weighted by Crippen LogP contribution is 2.25. The summed E-state index contributed by atoms with van der Waals surface area (Å²) >= 11 is 0. The van der Waals surface area contributed by atoms with Gasteiger partial charge in [-0.1, -0.05) is 6.92 Å². The molecule has 0 saturated carbocycles. The first-order valence-electron chi connectivity index (χ1n) is 3.79. The van der Waals surface area contributed by atoms with Crippen LogP contribution in [-0.4, -0.2) is 4.92 Å². The van der Waals surface area contributed by atoms with Crippen LogP contribution >= 0.6 is 0 Å². The first-order valence-corrected chi connectivity index (χ1v) is 3.79. The normalized spacial score (nSPS) is 10.3. The molecule has 0 fully saturated rings. The van der Waals surface area contributed by atoms with Gasteiger partial charge in [-0.05, 0) is 6.42 Å². The van der Waals surface area contributed by atoms with Crippen LogP contribution in [-0.2, 0) is 6.42 Å². The van der Waals surface area contributed by atoms with Gasteiger partial charge in [0, 0.05) is 5.56 Å². The van der Waals surface area contributed by atoms with E-state index in [1.54, 1.807) is 0 Å². The molecule has 0 atom stereocenters. The monoisotopic (exact) mass is 205 g/mol. The van der Waals surface area contributed by atoms with Gasteiger partial charge in [0.05, 0.1) is 11.0 Å². The number of rotatable bonds is 2. The van der Waals surface area contributed by atoms with E-state index in [1.807, 2.05) is 0 Å². The number of nitro groups is 1. The third kappa shape index (κ3) is 1.55. The molecule has 1 aromatic rings. The van der Waals surface area contributed by atoms with E-state index in [9.17, 15) is 23.3 Å². The number of halogens is 3. The predicted octanol–water partition coefficient (Wildman–Crippen LogP) is 2.57. The molecule has 0 N–H and O–H groups in total. The SMILES string of the molecule is CCc1c(F)c(F)cc([N+](=O)[O-])c1F. The molecule has 0 radical (unpaired) electrons. The quantitative estimate of drug-likeness (QED) is 0.423. The molecule has 0 bridgehead atoms. The summed E-state index contributed by atoms with van der Waals surface area (Å²) in [5.41, 5.74) is -1.64. The molecule has 0 aromatic heterocycles. The van der Waals surface area contributed by atoms with Crippen molar-refractivity contribution in [3.8, 4) is 0 Å². The molecule has 6 heteroatoms. The predicted molar refractivity (Wildman–Crippen MR) is 42.3 cm³/mol. The van der Waals surface area contributed by atoms with Crippen LogP contribution in [0.5, 0.6) is 0 Å². The zero-order valence-electron chi connectivity index (χ0n) is 7.18. The molecular weight excluding hydrogens is 199 g/mol. The van der Waals surface area contributed by atoms with Gasteiger partial charge in [-0.2, -0.15) is 4.39 Å². The van der Waals surface area contributed by atoms with Gasteiger partial charge < -0.3 is 0 Å². The second kappa shape index (κ2) is 3.65. The van der Waals surface area contributed by atoms with Crippen LogP contribution in [0.1, 0.15) is 12.5 Å². The van der Waals surface area contributed by atoms with Crippen LogP contribution in [0.25, 0.3) is 0 Å². The summed E-state index contributed by atoms with van der Waals surface area (Å²) in [5.74, 6) is -4.08. The van der Waals surface area contributed by atoms with E-state index in [-0.39, 0.29) is 12.5 Å². The minimum absolute atomic E-state index is 0.143. The molecule has 14 heavy (non-hydrogen) atoms. The minimum Gasteiger partial charge on any atom is -0.258 e. The summed E-state index contributed by atoms with van der Waals surface area (Å²) in [7, 11) is 0. The van der Waals surface area contributed by atoms with E-state index in [0.717, 1.165) is 0 Å². The summed E-state index contributed by atoms with van der Waals surface area (Å²) in [4.78, 5) is 9.14. The van der Waals surface area contributed by atoms with Crippen molar-refractivity contribution in [3.63, 3.8) is 0 Å². The average molecular weight is 205 g/mol. The molecule has 0 aliphatic rings. The van der Waals surface area contributed by atoms with Crippen LogP contribution in [0.3, 0.4) is 0 Å². The molecule has 0 amide bonds. The maximum absolute atomic E-state index is 13.1. The van der Waals surface area contributed by atoms with Gasteiger partial charge in [-0.3, -0.25) is 10.1 Å². The highest BCUT2D eigenvalue weighted by atomic mass is 19.2. The topological polar surface area (TPSA) is 43.1 Å². The first kappa shape index (κ1) is 10.5. The van der Waals surface area contributed by atoms with Crippen LogP contribution in [0.15, 0.2) is 6.07 Å². The fraction of sp³-hybridized carbons (Fsp3) is 0.250. The van der Waals surface area contributed by atoms with Gasteiger partial charge in [0.15, 0.2) is 11.6 Å². The lowest BCUT2D eigenvalue weighted by Gasteiger charge is -2.03. The van der Waals surface area contributed by atoms with Gasteiger partial charge in [0.2, 0.25) is 5.82 Å². The highest BCUT2D eigenvalue weighted by Gasteiger charge is 2.24. The largest absolute Gasteiger partial charge is 0.308 e. The van der Waals surface area contributed by atoms with Crippen LogP contribution in [0.4, 0.5) is 18.9 Å². The van der Waals surface area contributed by atoms with Crippen molar-refractivity contribution in [2.75, 3.05) is 0 Å². The molecule has 1 rings (SSSR count). The molecule has 0 aliphatic heterocycles. The van der Waals surface area contributed by atoms with Gasteiger partial charge in [-0.25, -0.2) is 8.78 Å². The lowest BCUT2D eigenvalue weighted by molar-refractivity contribution is -0.387. The number of hydrogen-bond donors (Lipinski definition) is 0. The van der Waals surface area contributed by atoms with Crippen LogP contribution in [0.2, 0.25) is 0 Å². The Hall–Kier alpha value is -1.59.